The van der Waals surface area contributed by atoms with Gasteiger partial charge in [-0.05, 0) is 35.9 Å². The molecule has 0 saturated heterocycles. The van der Waals surface area contributed by atoms with Crippen molar-refractivity contribution in [1.82, 2.24) is 14.8 Å². The predicted molar refractivity (Wildman–Crippen MR) is 77.6 cm³/mol. The molecule has 100 valence electrons. The lowest BCUT2D eigenvalue weighted by Gasteiger charge is -2.04. The van der Waals surface area contributed by atoms with Crippen LogP contribution < -0.4 is 4.74 Å². The number of rotatable bonds is 4. The van der Waals surface area contributed by atoms with Gasteiger partial charge < -0.3 is 4.74 Å². The Balaban J connectivity index is 1.80. The summed E-state index contributed by atoms with van der Waals surface area (Å²) < 4.78 is 7.14. The van der Waals surface area contributed by atoms with Crippen molar-refractivity contribution in [2.45, 2.75) is 6.54 Å². The van der Waals surface area contributed by atoms with Crippen LogP contribution in [-0.4, -0.2) is 21.9 Å². The van der Waals surface area contributed by atoms with Crippen molar-refractivity contribution in [1.29, 1.82) is 0 Å². The molecule has 2 heterocycles. The topological polar surface area (TPSA) is 39.9 Å². The van der Waals surface area contributed by atoms with Crippen molar-refractivity contribution in [2.24, 2.45) is 0 Å². The van der Waals surface area contributed by atoms with Gasteiger partial charge in [0.1, 0.15) is 5.75 Å². The average Bonchev–Trinajstić information content (AvgIpc) is 2.97. The van der Waals surface area contributed by atoms with E-state index in [1.165, 1.54) is 0 Å². The molecule has 0 radical (unpaired) electrons. The number of hydrogen-bond acceptors (Lipinski definition) is 3. The van der Waals surface area contributed by atoms with E-state index in [0.717, 1.165) is 29.1 Å². The lowest BCUT2D eigenvalue weighted by Crippen LogP contribution is -2.00. The van der Waals surface area contributed by atoms with E-state index in [0.29, 0.717) is 0 Å². The molecule has 0 N–H and O–H groups in total. The van der Waals surface area contributed by atoms with Crippen molar-refractivity contribution in [2.75, 3.05) is 7.11 Å². The highest BCUT2D eigenvalue weighted by Crippen LogP contribution is 2.17. The Kier molecular flexibility index (Phi) is 3.46. The van der Waals surface area contributed by atoms with Crippen LogP contribution in [0.25, 0.3) is 11.3 Å². The van der Waals surface area contributed by atoms with E-state index < -0.39 is 0 Å². The fourth-order valence-electron chi connectivity index (χ4n) is 2.08. The van der Waals surface area contributed by atoms with E-state index >= 15 is 0 Å². The molecule has 0 aliphatic carbocycles. The summed E-state index contributed by atoms with van der Waals surface area (Å²) in [5, 5.41) is 4.57. The van der Waals surface area contributed by atoms with Gasteiger partial charge in [0.15, 0.2) is 0 Å². The normalized spacial score (nSPS) is 10.4. The van der Waals surface area contributed by atoms with E-state index in [4.69, 9.17) is 4.74 Å². The van der Waals surface area contributed by atoms with Crippen molar-refractivity contribution < 1.29 is 4.74 Å². The molecule has 0 spiro atoms. The number of hydrogen-bond donors (Lipinski definition) is 0. The number of ether oxygens (including phenoxy) is 1. The molecular weight excluding hydrogens is 250 g/mol. The van der Waals surface area contributed by atoms with Gasteiger partial charge in [-0.3, -0.25) is 9.67 Å². The molecule has 4 nitrogen and oxygen atoms in total. The molecule has 0 amide bonds. The van der Waals surface area contributed by atoms with Crippen LogP contribution in [0, 0.1) is 0 Å². The van der Waals surface area contributed by atoms with Gasteiger partial charge >= 0.3 is 0 Å². The SMILES string of the molecule is COc1cccc(Cn2ccc(-c3cccnc3)n2)c1. The molecule has 1 aromatic carbocycles. The van der Waals surface area contributed by atoms with Crippen molar-refractivity contribution in [3.05, 3.63) is 66.6 Å². The Hall–Kier alpha value is -2.62. The summed E-state index contributed by atoms with van der Waals surface area (Å²) in [6.07, 6.45) is 5.55. The van der Waals surface area contributed by atoms with Crippen molar-refractivity contribution in [3.63, 3.8) is 0 Å². The molecule has 2 aromatic heterocycles. The molecule has 0 bridgehead atoms. The van der Waals surface area contributed by atoms with Gasteiger partial charge in [0.05, 0.1) is 19.3 Å². The summed E-state index contributed by atoms with van der Waals surface area (Å²) in [7, 11) is 1.67. The van der Waals surface area contributed by atoms with Crippen LogP contribution in [0.1, 0.15) is 5.56 Å². The van der Waals surface area contributed by atoms with E-state index in [1.807, 2.05) is 53.5 Å². The van der Waals surface area contributed by atoms with Gasteiger partial charge in [-0.2, -0.15) is 5.10 Å². The zero-order valence-electron chi connectivity index (χ0n) is 11.2. The lowest BCUT2D eigenvalue weighted by atomic mass is 10.2. The molecule has 0 atom stereocenters. The second-order valence-electron chi connectivity index (χ2n) is 4.49. The minimum Gasteiger partial charge on any atom is -0.497 e. The molecule has 0 unspecified atom stereocenters. The minimum atomic E-state index is 0.720. The number of nitrogens with zero attached hydrogens (tertiary/aromatic N) is 3. The second-order valence-corrected chi connectivity index (χ2v) is 4.49. The standard InChI is InChI=1S/C16H15N3O/c1-20-15-6-2-4-13(10-15)12-19-9-7-16(18-19)14-5-3-8-17-11-14/h2-11H,12H2,1H3. The molecule has 0 aliphatic rings. The van der Waals surface area contributed by atoms with E-state index in [9.17, 15) is 0 Å². The van der Waals surface area contributed by atoms with Gasteiger partial charge in [-0.1, -0.05) is 12.1 Å². The summed E-state index contributed by atoms with van der Waals surface area (Å²) in [5.41, 5.74) is 3.11. The zero-order chi connectivity index (χ0) is 13.8. The Morgan fingerprint density at radius 1 is 1.15 bits per heavy atom. The maximum atomic E-state index is 5.23. The van der Waals surface area contributed by atoms with Gasteiger partial charge in [-0.15, -0.1) is 0 Å². The quantitative estimate of drug-likeness (QED) is 0.728. The predicted octanol–water partition coefficient (Wildman–Crippen LogP) is 3.00. The molecule has 0 saturated carbocycles. The highest BCUT2D eigenvalue weighted by atomic mass is 16.5. The smallest absolute Gasteiger partial charge is 0.119 e. The van der Waals surface area contributed by atoms with Crippen LogP contribution in [0.2, 0.25) is 0 Å². The summed E-state index contributed by atoms with van der Waals surface area (Å²) >= 11 is 0. The van der Waals surface area contributed by atoms with Gasteiger partial charge in [0.2, 0.25) is 0 Å². The molecular formula is C16H15N3O. The lowest BCUT2D eigenvalue weighted by molar-refractivity contribution is 0.414. The fourth-order valence-corrected chi connectivity index (χ4v) is 2.08. The number of aromatic nitrogens is 3. The van der Waals surface area contributed by atoms with Crippen LogP contribution in [0.3, 0.4) is 0 Å². The Morgan fingerprint density at radius 2 is 2.10 bits per heavy atom. The molecule has 0 aliphatic heterocycles. The van der Waals surface area contributed by atoms with Crippen LogP contribution in [-0.2, 0) is 6.54 Å². The summed E-state index contributed by atoms with van der Waals surface area (Å²) in [5.74, 6) is 0.863. The maximum absolute atomic E-state index is 5.23. The monoisotopic (exact) mass is 265 g/mol. The van der Waals surface area contributed by atoms with E-state index in [1.54, 1.807) is 13.3 Å². The Labute approximate surface area is 117 Å². The summed E-state index contributed by atoms with van der Waals surface area (Å²) in [6.45, 7) is 0.720. The van der Waals surface area contributed by atoms with Crippen molar-refractivity contribution >= 4 is 0 Å². The highest BCUT2D eigenvalue weighted by molar-refractivity contribution is 5.56. The third-order valence-corrected chi connectivity index (χ3v) is 3.08. The van der Waals surface area contributed by atoms with Gasteiger partial charge in [0, 0.05) is 24.2 Å². The first-order valence-electron chi connectivity index (χ1n) is 6.42. The molecule has 3 aromatic rings. The van der Waals surface area contributed by atoms with Gasteiger partial charge in [0.25, 0.3) is 0 Å². The third kappa shape index (κ3) is 2.69. The average molecular weight is 265 g/mol. The van der Waals surface area contributed by atoms with Crippen LogP contribution >= 0.6 is 0 Å². The summed E-state index contributed by atoms with van der Waals surface area (Å²) in [6, 6.07) is 13.9. The van der Waals surface area contributed by atoms with E-state index in [2.05, 4.69) is 16.1 Å². The number of methoxy groups -OCH3 is 1. The molecule has 4 heteroatoms. The minimum absolute atomic E-state index is 0.720. The highest BCUT2D eigenvalue weighted by Gasteiger charge is 2.03. The Bertz CT molecular complexity index is 692. The summed E-state index contributed by atoms with van der Waals surface area (Å²) in [4.78, 5) is 4.11. The fraction of sp³-hybridized carbons (Fsp3) is 0.125. The second kappa shape index (κ2) is 5.57. The first-order chi connectivity index (χ1) is 9.85. The zero-order valence-corrected chi connectivity index (χ0v) is 11.2. The van der Waals surface area contributed by atoms with E-state index in [-0.39, 0.29) is 0 Å². The maximum Gasteiger partial charge on any atom is 0.119 e. The van der Waals surface area contributed by atoms with Crippen molar-refractivity contribution in [3.8, 4) is 17.0 Å². The third-order valence-electron chi connectivity index (χ3n) is 3.08. The number of benzene rings is 1. The molecule has 0 fully saturated rings. The first kappa shape index (κ1) is 12.4. The number of pyridine rings is 1. The van der Waals surface area contributed by atoms with Crippen LogP contribution in [0.15, 0.2) is 61.1 Å². The van der Waals surface area contributed by atoms with Gasteiger partial charge in [-0.25, -0.2) is 0 Å². The van der Waals surface area contributed by atoms with Crippen LogP contribution in [0.5, 0.6) is 5.75 Å². The Morgan fingerprint density at radius 3 is 2.90 bits per heavy atom. The largest absolute Gasteiger partial charge is 0.497 e. The van der Waals surface area contributed by atoms with Crippen LogP contribution in [0.4, 0.5) is 0 Å². The molecule has 20 heavy (non-hydrogen) atoms. The molecule has 3 rings (SSSR count). The first-order valence-corrected chi connectivity index (χ1v) is 6.42.